The van der Waals surface area contributed by atoms with Crippen LogP contribution < -0.4 is 5.32 Å². The Balaban J connectivity index is 1.86. The number of amides is 1. The molecular weight excluding hydrogens is 316 g/mol. The fourth-order valence-electron chi connectivity index (χ4n) is 2.04. The quantitative estimate of drug-likeness (QED) is 0.698. The summed E-state index contributed by atoms with van der Waals surface area (Å²) in [5, 5.41) is 15.4. The maximum Gasteiger partial charge on any atom is 0.267 e. The monoisotopic (exact) mass is 330 g/mol. The number of hydrogen-bond donors (Lipinski definition) is 2. The molecule has 0 saturated carbocycles. The van der Waals surface area contributed by atoms with Gasteiger partial charge in [0.25, 0.3) is 5.91 Å². The standard InChI is InChI=1S/C16H14N2O2S2/c1-9-5-6-11(12(19)8-9)18-15(20)14-10(2)17-16(22-14)13-4-3-7-21-13/h3-8,19H,1-2H3,(H,18,20). The van der Waals surface area contributed by atoms with Crippen molar-refractivity contribution in [2.75, 3.05) is 5.32 Å². The molecule has 6 heteroatoms. The van der Waals surface area contributed by atoms with Gasteiger partial charge in [0.15, 0.2) is 0 Å². The van der Waals surface area contributed by atoms with E-state index in [0.717, 1.165) is 15.4 Å². The van der Waals surface area contributed by atoms with E-state index in [1.807, 2.05) is 37.4 Å². The predicted molar refractivity (Wildman–Crippen MR) is 91.0 cm³/mol. The number of nitrogens with zero attached hydrogens (tertiary/aromatic N) is 1. The second-order valence-electron chi connectivity index (χ2n) is 4.89. The predicted octanol–water partition coefficient (Wildman–Crippen LogP) is 4.45. The minimum Gasteiger partial charge on any atom is -0.506 e. The smallest absolute Gasteiger partial charge is 0.267 e. The van der Waals surface area contributed by atoms with Crippen LogP contribution in [0.4, 0.5) is 5.69 Å². The van der Waals surface area contributed by atoms with Gasteiger partial charge in [0, 0.05) is 0 Å². The number of aromatic hydroxyl groups is 1. The number of phenolic OH excluding ortho intramolecular Hbond substituents is 1. The molecule has 0 saturated heterocycles. The Bertz CT molecular complexity index is 823. The van der Waals surface area contributed by atoms with Crippen LogP contribution in [0.1, 0.15) is 20.9 Å². The molecule has 0 spiro atoms. The number of benzene rings is 1. The van der Waals surface area contributed by atoms with E-state index in [1.165, 1.54) is 11.3 Å². The molecular formula is C16H14N2O2S2. The van der Waals surface area contributed by atoms with E-state index in [-0.39, 0.29) is 11.7 Å². The summed E-state index contributed by atoms with van der Waals surface area (Å²) in [6, 6.07) is 9.09. The molecule has 0 fully saturated rings. The molecule has 112 valence electrons. The summed E-state index contributed by atoms with van der Waals surface area (Å²) < 4.78 is 0. The first kappa shape index (κ1) is 14.7. The lowest BCUT2D eigenvalue weighted by atomic mass is 10.2. The van der Waals surface area contributed by atoms with Gasteiger partial charge < -0.3 is 10.4 Å². The maximum atomic E-state index is 12.4. The Morgan fingerprint density at radius 3 is 2.77 bits per heavy atom. The van der Waals surface area contributed by atoms with Crippen LogP contribution in [0.5, 0.6) is 5.75 Å². The van der Waals surface area contributed by atoms with Crippen LogP contribution in [0.15, 0.2) is 35.7 Å². The Morgan fingerprint density at radius 1 is 1.27 bits per heavy atom. The number of aryl methyl sites for hydroxylation is 2. The third-order valence-corrected chi connectivity index (χ3v) is 5.33. The number of thiophene rings is 1. The summed E-state index contributed by atoms with van der Waals surface area (Å²) in [4.78, 5) is 18.5. The van der Waals surface area contributed by atoms with Crippen LogP contribution in [-0.4, -0.2) is 16.0 Å². The van der Waals surface area contributed by atoms with E-state index in [1.54, 1.807) is 23.5 Å². The van der Waals surface area contributed by atoms with Crippen molar-refractivity contribution < 1.29 is 9.90 Å². The van der Waals surface area contributed by atoms with Crippen LogP contribution in [0.25, 0.3) is 9.88 Å². The zero-order chi connectivity index (χ0) is 15.7. The van der Waals surface area contributed by atoms with Crippen molar-refractivity contribution in [3.63, 3.8) is 0 Å². The minimum absolute atomic E-state index is 0.0639. The molecule has 0 aliphatic rings. The highest BCUT2D eigenvalue weighted by Gasteiger charge is 2.17. The Kier molecular flexibility index (Phi) is 3.96. The number of hydrogen-bond acceptors (Lipinski definition) is 5. The molecule has 0 aliphatic carbocycles. The fraction of sp³-hybridized carbons (Fsp3) is 0.125. The second kappa shape index (κ2) is 5.90. The number of rotatable bonds is 3. The van der Waals surface area contributed by atoms with Gasteiger partial charge in [-0.2, -0.15) is 0 Å². The van der Waals surface area contributed by atoms with Gasteiger partial charge in [-0.05, 0) is 43.0 Å². The molecule has 2 heterocycles. The van der Waals surface area contributed by atoms with Gasteiger partial charge in [-0.15, -0.1) is 22.7 Å². The lowest BCUT2D eigenvalue weighted by molar-refractivity contribution is 0.102. The topological polar surface area (TPSA) is 62.2 Å². The number of phenols is 1. The lowest BCUT2D eigenvalue weighted by Crippen LogP contribution is -2.11. The SMILES string of the molecule is Cc1ccc(NC(=O)c2sc(-c3cccs3)nc2C)c(O)c1. The molecule has 0 atom stereocenters. The number of nitrogens with one attached hydrogen (secondary N) is 1. The normalized spacial score (nSPS) is 10.6. The van der Waals surface area contributed by atoms with E-state index >= 15 is 0 Å². The van der Waals surface area contributed by atoms with Crippen molar-refractivity contribution in [1.29, 1.82) is 0 Å². The zero-order valence-electron chi connectivity index (χ0n) is 12.1. The molecule has 3 aromatic rings. The Hall–Kier alpha value is -2.18. The first-order valence-electron chi connectivity index (χ1n) is 6.67. The van der Waals surface area contributed by atoms with Crippen molar-refractivity contribution in [1.82, 2.24) is 4.98 Å². The highest BCUT2D eigenvalue weighted by Crippen LogP contribution is 2.32. The number of anilines is 1. The summed E-state index contributed by atoms with van der Waals surface area (Å²) in [6.45, 7) is 3.70. The van der Waals surface area contributed by atoms with Crippen molar-refractivity contribution in [2.24, 2.45) is 0 Å². The summed E-state index contributed by atoms with van der Waals surface area (Å²) in [6.07, 6.45) is 0. The van der Waals surface area contributed by atoms with Gasteiger partial charge in [0.2, 0.25) is 0 Å². The number of thiazole rings is 1. The van der Waals surface area contributed by atoms with Crippen molar-refractivity contribution in [3.8, 4) is 15.6 Å². The Labute approximate surface area is 136 Å². The summed E-state index contributed by atoms with van der Waals surface area (Å²) in [5.41, 5.74) is 2.03. The molecule has 3 rings (SSSR count). The number of carbonyl (C=O) groups is 1. The molecule has 2 N–H and O–H groups in total. The average molecular weight is 330 g/mol. The van der Waals surface area contributed by atoms with E-state index in [4.69, 9.17) is 0 Å². The van der Waals surface area contributed by atoms with Crippen LogP contribution >= 0.6 is 22.7 Å². The molecule has 0 radical (unpaired) electrons. The van der Waals surface area contributed by atoms with Gasteiger partial charge in [-0.1, -0.05) is 12.1 Å². The average Bonchev–Trinajstić information content (AvgIpc) is 3.10. The molecule has 2 aromatic heterocycles. The van der Waals surface area contributed by atoms with Gasteiger partial charge in [0.05, 0.1) is 16.3 Å². The van der Waals surface area contributed by atoms with Crippen LogP contribution in [0.3, 0.4) is 0 Å². The highest BCUT2D eigenvalue weighted by atomic mass is 32.1. The summed E-state index contributed by atoms with van der Waals surface area (Å²) in [7, 11) is 0. The first-order chi connectivity index (χ1) is 10.5. The second-order valence-corrected chi connectivity index (χ2v) is 6.83. The van der Waals surface area contributed by atoms with Crippen LogP contribution in [0, 0.1) is 13.8 Å². The molecule has 1 aromatic carbocycles. The van der Waals surface area contributed by atoms with E-state index in [0.29, 0.717) is 16.3 Å². The van der Waals surface area contributed by atoms with Gasteiger partial charge in [0.1, 0.15) is 15.6 Å². The van der Waals surface area contributed by atoms with Gasteiger partial charge in [-0.3, -0.25) is 4.79 Å². The molecule has 4 nitrogen and oxygen atoms in total. The molecule has 0 bridgehead atoms. The minimum atomic E-state index is -0.253. The maximum absolute atomic E-state index is 12.4. The number of carbonyl (C=O) groups excluding carboxylic acids is 1. The summed E-state index contributed by atoms with van der Waals surface area (Å²) in [5.74, 6) is -0.189. The largest absolute Gasteiger partial charge is 0.506 e. The van der Waals surface area contributed by atoms with Gasteiger partial charge >= 0.3 is 0 Å². The van der Waals surface area contributed by atoms with Crippen LogP contribution in [-0.2, 0) is 0 Å². The Morgan fingerprint density at radius 2 is 2.09 bits per heavy atom. The third-order valence-electron chi connectivity index (χ3n) is 3.14. The van der Waals surface area contributed by atoms with E-state index in [9.17, 15) is 9.90 Å². The summed E-state index contributed by atoms with van der Waals surface area (Å²) >= 11 is 2.95. The van der Waals surface area contributed by atoms with Crippen molar-refractivity contribution in [2.45, 2.75) is 13.8 Å². The molecule has 22 heavy (non-hydrogen) atoms. The number of aromatic nitrogens is 1. The van der Waals surface area contributed by atoms with E-state index in [2.05, 4.69) is 10.3 Å². The lowest BCUT2D eigenvalue weighted by Gasteiger charge is -2.07. The molecule has 0 unspecified atom stereocenters. The molecule has 1 amide bonds. The third kappa shape index (κ3) is 2.88. The van der Waals surface area contributed by atoms with Crippen LogP contribution in [0.2, 0.25) is 0 Å². The highest BCUT2D eigenvalue weighted by molar-refractivity contribution is 7.22. The van der Waals surface area contributed by atoms with Crippen molar-refractivity contribution in [3.05, 3.63) is 51.8 Å². The molecule has 0 aliphatic heterocycles. The van der Waals surface area contributed by atoms with Gasteiger partial charge in [-0.25, -0.2) is 4.98 Å². The fourth-order valence-corrected chi connectivity index (χ4v) is 3.80. The first-order valence-corrected chi connectivity index (χ1v) is 8.36. The van der Waals surface area contributed by atoms with E-state index < -0.39 is 0 Å². The zero-order valence-corrected chi connectivity index (χ0v) is 13.7. The van der Waals surface area contributed by atoms with Crippen molar-refractivity contribution >= 4 is 34.3 Å².